The molecule has 90 valence electrons. The van der Waals surface area contributed by atoms with Gasteiger partial charge in [0.25, 0.3) is 0 Å². The monoisotopic (exact) mass is 335 g/mol. The molecule has 0 aliphatic heterocycles. The molecule has 17 heavy (non-hydrogen) atoms. The predicted octanol–water partition coefficient (Wildman–Crippen LogP) is 3.97. The number of aromatic nitrogens is 1. The number of hydrogen-bond acceptors (Lipinski definition) is 3. The molecule has 0 saturated heterocycles. The van der Waals surface area contributed by atoms with E-state index in [1.54, 1.807) is 6.07 Å². The van der Waals surface area contributed by atoms with Gasteiger partial charge in [-0.15, -0.1) is 11.3 Å². The summed E-state index contributed by atoms with van der Waals surface area (Å²) in [6, 6.07) is 4.53. The van der Waals surface area contributed by atoms with Gasteiger partial charge in [-0.05, 0) is 23.8 Å². The van der Waals surface area contributed by atoms with Gasteiger partial charge in [-0.2, -0.15) is 0 Å². The van der Waals surface area contributed by atoms with E-state index in [0.29, 0.717) is 25.8 Å². The van der Waals surface area contributed by atoms with E-state index in [1.165, 1.54) is 29.7 Å². The number of nitrogens with zero attached hydrogens (tertiary/aromatic N) is 1. The van der Waals surface area contributed by atoms with Crippen molar-refractivity contribution >= 4 is 38.9 Å². The van der Waals surface area contributed by atoms with Gasteiger partial charge < -0.3 is 5.11 Å². The molecule has 0 bridgehead atoms. The van der Waals surface area contributed by atoms with Gasteiger partial charge in [-0.25, -0.2) is 9.37 Å². The molecule has 1 aromatic heterocycles. The van der Waals surface area contributed by atoms with Crippen molar-refractivity contribution in [3.63, 3.8) is 0 Å². The molecule has 2 nitrogen and oxygen atoms in total. The van der Waals surface area contributed by atoms with Crippen LogP contribution in [0.1, 0.15) is 16.7 Å². The van der Waals surface area contributed by atoms with Gasteiger partial charge in [-0.1, -0.05) is 27.5 Å². The molecule has 0 radical (unpaired) electrons. The lowest BCUT2D eigenvalue weighted by Gasteiger charge is -2.08. The normalized spacial score (nSPS) is 12.7. The average Bonchev–Trinajstić information content (AvgIpc) is 2.63. The van der Waals surface area contributed by atoms with Crippen LogP contribution in [0.15, 0.2) is 28.9 Å². The van der Waals surface area contributed by atoms with Crippen molar-refractivity contribution < 1.29 is 9.50 Å². The van der Waals surface area contributed by atoms with Crippen LogP contribution in [-0.2, 0) is 6.42 Å². The first-order chi connectivity index (χ1) is 8.04. The van der Waals surface area contributed by atoms with Crippen molar-refractivity contribution in [1.82, 2.24) is 4.98 Å². The molecule has 0 fully saturated rings. The van der Waals surface area contributed by atoms with E-state index in [1.807, 2.05) is 0 Å². The molecule has 1 heterocycles. The van der Waals surface area contributed by atoms with E-state index in [9.17, 15) is 9.50 Å². The summed E-state index contributed by atoms with van der Waals surface area (Å²) in [5, 5.41) is 10.5. The van der Waals surface area contributed by atoms with Crippen molar-refractivity contribution in [1.29, 1.82) is 0 Å². The maximum Gasteiger partial charge on any atom is 0.124 e. The SMILES string of the molecule is OC(Cc1cc(F)cc(Br)c1)c1ncc(Cl)s1. The molecule has 0 aliphatic carbocycles. The molecule has 1 atom stereocenters. The standard InChI is InChI=1S/C11H8BrClFNOS/c12-7-1-6(2-8(14)4-7)3-9(16)11-15-5-10(13)17-11/h1-2,4-5,9,16H,3H2. The number of benzene rings is 1. The highest BCUT2D eigenvalue weighted by molar-refractivity contribution is 9.10. The van der Waals surface area contributed by atoms with Crippen molar-refractivity contribution in [2.75, 3.05) is 0 Å². The summed E-state index contributed by atoms with van der Waals surface area (Å²) in [5.41, 5.74) is 0.704. The van der Waals surface area contributed by atoms with E-state index in [-0.39, 0.29) is 5.82 Å². The second kappa shape index (κ2) is 5.44. The minimum atomic E-state index is -0.763. The van der Waals surface area contributed by atoms with Crippen molar-refractivity contribution in [3.05, 3.63) is 49.6 Å². The van der Waals surface area contributed by atoms with E-state index >= 15 is 0 Å². The van der Waals surface area contributed by atoms with Crippen LogP contribution in [0.25, 0.3) is 0 Å². The Kier molecular flexibility index (Phi) is 4.14. The van der Waals surface area contributed by atoms with E-state index in [4.69, 9.17) is 11.6 Å². The van der Waals surface area contributed by atoms with Gasteiger partial charge in [0.2, 0.25) is 0 Å². The molecule has 0 aliphatic rings. The first-order valence-corrected chi connectivity index (χ1v) is 6.77. The predicted molar refractivity (Wildman–Crippen MR) is 69.9 cm³/mol. The number of aliphatic hydroxyl groups excluding tert-OH is 1. The fourth-order valence-corrected chi connectivity index (χ4v) is 2.89. The molecular weight excluding hydrogens is 329 g/mol. The maximum absolute atomic E-state index is 13.1. The number of aliphatic hydroxyl groups is 1. The van der Waals surface area contributed by atoms with E-state index in [2.05, 4.69) is 20.9 Å². The van der Waals surface area contributed by atoms with Crippen LogP contribution >= 0.6 is 38.9 Å². The Morgan fingerprint density at radius 1 is 1.47 bits per heavy atom. The van der Waals surface area contributed by atoms with Gasteiger partial charge in [0.05, 0.1) is 6.20 Å². The fraction of sp³-hybridized carbons (Fsp3) is 0.182. The summed E-state index contributed by atoms with van der Waals surface area (Å²) in [6.07, 6.45) is 1.04. The number of hydrogen-bond donors (Lipinski definition) is 1. The molecular formula is C11H8BrClFNOS. The smallest absolute Gasteiger partial charge is 0.124 e. The first-order valence-electron chi connectivity index (χ1n) is 4.79. The molecule has 0 amide bonds. The van der Waals surface area contributed by atoms with Gasteiger partial charge in [0, 0.05) is 10.9 Å². The topological polar surface area (TPSA) is 33.1 Å². The Bertz CT molecular complexity index is 514. The lowest BCUT2D eigenvalue weighted by atomic mass is 10.1. The lowest BCUT2D eigenvalue weighted by Crippen LogP contribution is -2.01. The Morgan fingerprint density at radius 3 is 2.82 bits per heavy atom. The number of halogens is 3. The Balaban J connectivity index is 2.15. The highest BCUT2D eigenvalue weighted by Gasteiger charge is 2.13. The van der Waals surface area contributed by atoms with Gasteiger partial charge in [-0.3, -0.25) is 0 Å². The summed E-state index contributed by atoms with van der Waals surface area (Å²) < 4.78 is 14.3. The second-order valence-electron chi connectivity index (χ2n) is 3.50. The fourth-order valence-electron chi connectivity index (χ4n) is 1.46. The van der Waals surface area contributed by atoms with Crippen LogP contribution in [0, 0.1) is 5.82 Å². The summed E-state index contributed by atoms with van der Waals surface area (Å²) in [6.45, 7) is 0. The quantitative estimate of drug-likeness (QED) is 0.920. The second-order valence-corrected chi connectivity index (χ2v) is 6.11. The summed E-state index contributed by atoms with van der Waals surface area (Å²) in [7, 11) is 0. The van der Waals surface area contributed by atoms with Crippen LogP contribution in [0.2, 0.25) is 4.34 Å². The van der Waals surface area contributed by atoms with Gasteiger partial charge >= 0.3 is 0 Å². The third kappa shape index (κ3) is 3.48. The van der Waals surface area contributed by atoms with E-state index in [0.717, 1.165) is 0 Å². The molecule has 1 unspecified atom stereocenters. The number of thiazole rings is 1. The van der Waals surface area contributed by atoms with Crippen LogP contribution in [0.3, 0.4) is 0 Å². The highest BCUT2D eigenvalue weighted by Crippen LogP contribution is 2.27. The number of rotatable bonds is 3. The largest absolute Gasteiger partial charge is 0.386 e. The van der Waals surface area contributed by atoms with Crippen LogP contribution in [0.4, 0.5) is 4.39 Å². The lowest BCUT2D eigenvalue weighted by molar-refractivity contribution is 0.178. The van der Waals surface area contributed by atoms with Gasteiger partial charge in [0.1, 0.15) is 21.3 Å². The zero-order valence-corrected chi connectivity index (χ0v) is 11.7. The Morgan fingerprint density at radius 2 is 2.24 bits per heavy atom. The summed E-state index contributed by atoms with van der Waals surface area (Å²) in [5.74, 6) is -0.334. The van der Waals surface area contributed by atoms with Crippen molar-refractivity contribution in [2.45, 2.75) is 12.5 Å². The minimum absolute atomic E-state index is 0.306. The minimum Gasteiger partial charge on any atom is -0.386 e. The third-order valence-electron chi connectivity index (χ3n) is 2.13. The molecule has 2 rings (SSSR count). The maximum atomic E-state index is 13.1. The molecule has 1 aromatic carbocycles. The third-order valence-corrected chi connectivity index (χ3v) is 3.81. The molecule has 0 spiro atoms. The van der Waals surface area contributed by atoms with Crippen molar-refractivity contribution in [3.8, 4) is 0 Å². The molecule has 0 saturated carbocycles. The van der Waals surface area contributed by atoms with E-state index < -0.39 is 6.10 Å². The molecule has 2 aromatic rings. The van der Waals surface area contributed by atoms with Crippen LogP contribution in [-0.4, -0.2) is 10.1 Å². The van der Waals surface area contributed by atoms with Gasteiger partial charge in [0.15, 0.2) is 0 Å². The molecule has 6 heteroatoms. The Labute approximate surface area is 115 Å². The molecule has 1 N–H and O–H groups in total. The summed E-state index contributed by atoms with van der Waals surface area (Å²) >= 11 is 10.2. The van der Waals surface area contributed by atoms with Crippen molar-refractivity contribution in [2.24, 2.45) is 0 Å². The van der Waals surface area contributed by atoms with Crippen LogP contribution < -0.4 is 0 Å². The average molecular weight is 337 g/mol. The zero-order valence-electron chi connectivity index (χ0n) is 8.53. The zero-order chi connectivity index (χ0) is 12.4. The van der Waals surface area contributed by atoms with Crippen LogP contribution in [0.5, 0.6) is 0 Å². The summed E-state index contributed by atoms with van der Waals surface area (Å²) in [4.78, 5) is 3.99. The Hall–Kier alpha value is -0.490. The first kappa shape index (κ1) is 13.0. The highest BCUT2D eigenvalue weighted by atomic mass is 79.9.